The standard InChI is InChI=1S/C13H15NO2S/c14-9-11(13-4-2-8-17-13)12(15)6-5-10-3-1-7-16-10/h2,4,8,10-11H,1,3,5-7H2. The topological polar surface area (TPSA) is 50.1 Å². The fraction of sp³-hybridized carbons (Fsp3) is 0.538. The third kappa shape index (κ3) is 3.15. The van der Waals surface area contributed by atoms with E-state index in [1.54, 1.807) is 0 Å². The predicted molar refractivity (Wildman–Crippen MR) is 65.9 cm³/mol. The highest BCUT2D eigenvalue weighted by molar-refractivity contribution is 7.10. The second-order valence-corrected chi connectivity index (χ2v) is 5.20. The lowest BCUT2D eigenvalue weighted by Gasteiger charge is -2.10. The number of ketones is 1. The van der Waals surface area contributed by atoms with Crippen molar-refractivity contribution in [2.24, 2.45) is 0 Å². The maximum Gasteiger partial charge on any atom is 0.155 e. The fourth-order valence-corrected chi connectivity index (χ4v) is 2.86. The van der Waals surface area contributed by atoms with Crippen molar-refractivity contribution in [2.75, 3.05) is 6.61 Å². The Hall–Kier alpha value is -1.18. The Bertz CT molecular complexity index is 402. The van der Waals surface area contributed by atoms with Crippen LogP contribution >= 0.6 is 11.3 Å². The van der Waals surface area contributed by atoms with Gasteiger partial charge in [0.15, 0.2) is 5.78 Å². The summed E-state index contributed by atoms with van der Waals surface area (Å²) in [6.45, 7) is 0.811. The summed E-state index contributed by atoms with van der Waals surface area (Å²) < 4.78 is 5.47. The molecule has 1 aromatic heterocycles. The van der Waals surface area contributed by atoms with Gasteiger partial charge in [0.05, 0.1) is 12.2 Å². The fourth-order valence-electron chi connectivity index (χ4n) is 2.07. The first-order chi connectivity index (χ1) is 8.31. The summed E-state index contributed by atoms with van der Waals surface area (Å²) in [7, 11) is 0. The van der Waals surface area contributed by atoms with Gasteiger partial charge in [0.25, 0.3) is 0 Å². The van der Waals surface area contributed by atoms with Crippen LogP contribution in [-0.2, 0) is 9.53 Å². The molecule has 17 heavy (non-hydrogen) atoms. The molecule has 0 spiro atoms. The molecule has 2 heterocycles. The average molecular weight is 249 g/mol. The molecule has 3 nitrogen and oxygen atoms in total. The molecule has 4 heteroatoms. The zero-order valence-corrected chi connectivity index (χ0v) is 10.4. The van der Waals surface area contributed by atoms with Crippen molar-refractivity contribution < 1.29 is 9.53 Å². The van der Waals surface area contributed by atoms with Crippen molar-refractivity contribution in [3.05, 3.63) is 22.4 Å². The number of nitrogens with zero attached hydrogens (tertiary/aromatic N) is 1. The van der Waals surface area contributed by atoms with Crippen molar-refractivity contribution in [1.82, 2.24) is 0 Å². The van der Waals surface area contributed by atoms with Crippen LogP contribution in [0.1, 0.15) is 36.5 Å². The third-order valence-corrected chi connectivity index (χ3v) is 3.95. The lowest BCUT2D eigenvalue weighted by molar-refractivity contribution is -0.119. The second kappa shape index (κ2) is 5.95. The number of thiophene rings is 1. The Morgan fingerprint density at radius 2 is 2.59 bits per heavy atom. The molecular formula is C13H15NO2S. The molecular weight excluding hydrogens is 234 g/mol. The van der Waals surface area contributed by atoms with Crippen LogP contribution < -0.4 is 0 Å². The van der Waals surface area contributed by atoms with Gasteiger partial charge in [-0.25, -0.2) is 0 Å². The molecule has 1 saturated heterocycles. The molecule has 0 saturated carbocycles. The Balaban J connectivity index is 1.87. The van der Waals surface area contributed by atoms with Crippen molar-refractivity contribution >= 4 is 17.1 Å². The molecule has 2 rings (SSSR count). The van der Waals surface area contributed by atoms with E-state index in [1.165, 1.54) is 11.3 Å². The van der Waals surface area contributed by atoms with Gasteiger partial charge in [0, 0.05) is 17.9 Å². The number of carbonyl (C=O) groups is 1. The van der Waals surface area contributed by atoms with Crippen molar-refractivity contribution in [1.29, 1.82) is 5.26 Å². The first-order valence-corrected chi connectivity index (χ1v) is 6.76. The Kier molecular flexibility index (Phi) is 4.29. The first-order valence-electron chi connectivity index (χ1n) is 5.88. The lowest BCUT2D eigenvalue weighted by Crippen LogP contribution is -2.13. The molecule has 0 N–H and O–H groups in total. The van der Waals surface area contributed by atoms with Crippen molar-refractivity contribution in [3.8, 4) is 6.07 Å². The molecule has 1 fully saturated rings. The van der Waals surface area contributed by atoms with Gasteiger partial charge >= 0.3 is 0 Å². The molecule has 0 radical (unpaired) electrons. The van der Waals surface area contributed by atoms with E-state index >= 15 is 0 Å². The summed E-state index contributed by atoms with van der Waals surface area (Å²) >= 11 is 1.47. The van der Waals surface area contributed by atoms with Gasteiger partial charge in [-0.2, -0.15) is 5.26 Å². The van der Waals surface area contributed by atoms with Crippen molar-refractivity contribution in [3.63, 3.8) is 0 Å². The highest BCUT2D eigenvalue weighted by atomic mass is 32.1. The zero-order chi connectivity index (χ0) is 12.1. The van der Waals surface area contributed by atoms with Gasteiger partial charge in [-0.3, -0.25) is 4.79 Å². The molecule has 0 bridgehead atoms. The van der Waals surface area contributed by atoms with Gasteiger partial charge in [-0.1, -0.05) is 6.07 Å². The van der Waals surface area contributed by atoms with Gasteiger partial charge < -0.3 is 4.74 Å². The maximum absolute atomic E-state index is 12.0. The first kappa shape index (κ1) is 12.3. The van der Waals surface area contributed by atoms with Gasteiger partial charge in [0.2, 0.25) is 0 Å². The summed E-state index contributed by atoms with van der Waals surface area (Å²) in [6, 6.07) is 5.82. The molecule has 2 atom stereocenters. The summed E-state index contributed by atoms with van der Waals surface area (Å²) in [6.07, 6.45) is 3.56. The molecule has 0 aromatic carbocycles. The minimum Gasteiger partial charge on any atom is -0.378 e. The number of Topliss-reactive ketones (excluding diaryl/α,β-unsaturated/α-hetero) is 1. The van der Waals surface area contributed by atoms with Crippen LogP contribution in [0.4, 0.5) is 0 Å². The Morgan fingerprint density at radius 3 is 3.18 bits per heavy atom. The zero-order valence-electron chi connectivity index (χ0n) is 9.59. The largest absolute Gasteiger partial charge is 0.378 e. The second-order valence-electron chi connectivity index (χ2n) is 4.22. The van der Waals surface area contributed by atoms with E-state index in [1.807, 2.05) is 17.5 Å². The predicted octanol–water partition coefficient (Wildman–Crippen LogP) is 2.88. The molecule has 1 aliphatic rings. The molecule has 1 aromatic rings. The van der Waals surface area contributed by atoms with E-state index in [2.05, 4.69) is 6.07 Å². The van der Waals surface area contributed by atoms with Gasteiger partial charge in [-0.05, 0) is 30.7 Å². The number of nitriles is 1. The van der Waals surface area contributed by atoms with E-state index in [9.17, 15) is 4.79 Å². The van der Waals surface area contributed by atoms with Gasteiger partial charge in [-0.15, -0.1) is 11.3 Å². The number of ether oxygens (including phenoxy) is 1. The molecule has 0 amide bonds. The van der Waals surface area contributed by atoms with Crippen LogP contribution in [0.2, 0.25) is 0 Å². The van der Waals surface area contributed by atoms with E-state index in [-0.39, 0.29) is 11.9 Å². The molecule has 1 aliphatic heterocycles. The summed E-state index contributed by atoms with van der Waals surface area (Å²) in [4.78, 5) is 12.8. The SMILES string of the molecule is N#CC(C(=O)CCC1CCCO1)c1cccs1. The summed E-state index contributed by atoms with van der Waals surface area (Å²) in [5.41, 5.74) is 0. The van der Waals surface area contributed by atoms with Crippen LogP contribution in [0, 0.1) is 11.3 Å². The third-order valence-electron chi connectivity index (χ3n) is 3.02. The Labute approximate surface area is 105 Å². The van der Waals surface area contributed by atoms with E-state index in [4.69, 9.17) is 10.00 Å². The molecule has 2 unspecified atom stereocenters. The Morgan fingerprint density at radius 1 is 1.71 bits per heavy atom. The van der Waals surface area contributed by atoms with Crippen LogP contribution in [-0.4, -0.2) is 18.5 Å². The van der Waals surface area contributed by atoms with Crippen LogP contribution in [0.25, 0.3) is 0 Å². The smallest absolute Gasteiger partial charge is 0.155 e. The quantitative estimate of drug-likeness (QED) is 0.806. The summed E-state index contributed by atoms with van der Waals surface area (Å²) in [5, 5.41) is 11.0. The van der Waals surface area contributed by atoms with E-state index in [0.29, 0.717) is 6.42 Å². The lowest BCUT2D eigenvalue weighted by atomic mass is 9.98. The highest BCUT2D eigenvalue weighted by Crippen LogP contribution is 2.25. The van der Waals surface area contributed by atoms with E-state index in [0.717, 1.165) is 30.7 Å². The van der Waals surface area contributed by atoms with Gasteiger partial charge in [0.1, 0.15) is 5.92 Å². The minimum atomic E-state index is -0.587. The average Bonchev–Trinajstić information content (AvgIpc) is 3.00. The number of carbonyl (C=O) groups excluding carboxylic acids is 1. The van der Waals surface area contributed by atoms with Crippen molar-refractivity contribution in [2.45, 2.75) is 37.7 Å². The van der Waals surface area contributed by atoms with Crippen LogP contribution in [0.5, 0.6) is 0 Å². The number of hydrogen-bond donors (Lipinski definition) is 0. The van der Waals surface area contributed by atoms with Crippen LogP contribution in [0.15, 0.2) is 17.5 Å². The number of hydrogen-bond acceptors (Lipinski definition) is 4. The maximum atomic E-state index is 12.0. The number of rotatable bonds is 5. The minimum absolute atomic E-state index is 0.0189. The normalized spacial score (nSPS) is 21.0. The van der Waals surface area contributed by atoms with E-state index < -0.39 is 5.92 Å². The molecule has 0 aliphatic carbocycles. The molecule has 90 valence electrons. The van der Waals surface area contributed by atoms with Crippen LogP contribution in [0.3, 0.4) is 0 Å². The monoisotopic (exact) mass is 249 g/mol. The highest BCUT2D eigenvalue weighted by Gasteiger charge is 2.23. The summed E-state index contributed by atoms with van der Waals surface area (Å²) in [5.74, 6) is -0.568.